The molecule has 2 N–H and O–H groups in total. The van der Waals surface area contributed by atoms with E-state index in [0.717, 1.165) is 16.3 Å². The number of aromatic nitrogens is 2. The normalized spacial score (nSPS) is 12.5. The van der Waals surface area contributed by atoms with Gasteiger partial charge in [0.2, 0.25) is 0 Å². The van der Waals surface area contributed by atoms with Crippen molar-refractivity contribution >= 4 is 10.8 Å². The average molecular weight is 253 g/mol. The van der Waals surface area contributed by atoms with E-state index in [1.54, 1.807) is 18.6 Å². The van der Waals surface area contributed by atoms with Crippen molar-refractivity contribution in [1.82, 2.24) is 9.97 Å². The molecule has 1 aromatic carbocycles. The first-order chi connectivity index (χ1) is 9.25. The highest BCUT2D eigenvalue weighted by atomic mass is 19.1. The molecular weight excluding hydrogens is 241 g/mol. The number of nitrogens with two attached hydrogens (primary N) is 1. The standard InChI is InChI=1S/C15H12FN3/c16-12-6-11(8-19-9-12)15(17)14-3-1-2-10-7-18-5-4-13(10)14/h1-9,15H,17H2. The van der Waals surface area contributed by atoms with Crippen LogP contribution in [0.5, 0.6) is 0 Å². The van der Waals surface area contributed by atoms with Crippen LogP contribution in [0, 0.1) is 5.82 Å². The summed E-state index contributed by atoms with van der Waals surface area (Å²) in [6.07, 6.45) is 6.27. The van der Waals surface area contributed by atoms with Crippen molar-refractivity contribution in [2.45, 2.75) is 6.04 Å². The van der Waals surface area contributed by atoms with E-state index in [-0.39, 0.29) is 5.82 Å². The lowest BCUT2D eigenvalue weighted by atomic mass is 9.96. The average Bonchev–Trinajstić information content (AvgIpc) is 2.46. The monoisotopic (exact) mass is 253 g/mol. The zero-order valence-electron chi connectivity index (χ0n) is 10.1. The topological polar surface area (TPSA) is 51.8 Å². The molecule has 0 saturated carbocycles. The molecule has 0 radical (unpaired) electrons. The summed E-state index contributed by atoms with van der Waals surface area (Å²) < 4.78 is 13.2. The molecule has 0 aliphatic carbocycles. The lowest BCUT2D eigenvalue weighted by Gasteiger charge is -2.14. The largest absolute Gasteiger partial charge is 0.320 e. The highest BCUT2D eigenvalue weighted by Crippen LogP contribution is 2.26. The lowest BCUT2D eigenvalue weighted by molar-refractivity contribution is 0.616. The van der Waals surface area contributed by atoms with Crippen LogP contribution in [0.1, 0.15) is 17.2 Å². The van der Waals surface area contributed by atoms with Crippen LogP contribution in [-0.2, 0) is 0 Å². The molecule has 4 heteroatoms. The van der Waals surface area contributed by atoms with Crippen LogP contribution in [-0.4, -0.2) is 9.97 Å². The molecule has 0 aliphatic rings. The van der Waals surface area contributed by atoms with Crippen LogP contribution in [0.3, 0.4) is 0 Å². The van der Waals surface area contributed by atoms with Crippen LogP contribution in [0.25, 0.3) is 10.8 Å². The number of rotatable bonds is 2. The van der Waals surface area contributed by atoms with Crippen molar-refractivity contribution in [1.29, 1.82) is 0 Å². The van der Waals surface area contributed by atoms with Crippen LogP contribution in [0.15, 0.2) is 55.1 Å². The summed E-state index contributed by atoms with van der Waals surface area (Å²) >= 11 is 0. The van der Waals surface area contributed by atoms with Gasteiger partial charge < -0.3 is 5.73 Å². The minimum atomic E-state index is -0.408. The second-order valence-electron chi connectivity index (χ2n) is 4.36. The molecule has 3 rings (SSSR count). The molecule has 19 heavy (non-hydrogen) atoms. The zero-order chi connectivity index (χ0) is 13.2. The van der Waals surface area contributed by atoms with E-state index in [2.05, 4.69) is 9.97 Å². The molecule has 94 valence electrons. The summed E-state index contributed by atoms with van der Waals surface area (Å²) in [4.78, 5) is 7.93. The van der Waals surface area contributed by atoms with Crippen molar-refractivity contribution < 1.29 is 4.39 Å². The van der Waals surface area contributed by atoms with Crippen LogP contribution in [0.2, 0.25) is 0 Å². The second kappa shape index (κ2) is 4.74. The van der Waals surface area contributed by atoms with E-state index in [1.807, 2.05) is 24.3 Å². The molecule has 3 aromatic rings. The third-order valence-corrected chi connectivity index (χ3v) is 3.13. The second-order valence-corrected chi connectivity index (χ2v) is 4.36. The van der Waals surface area contributed by atoms with Gasteiger partial charge in [-0.2, -0.15) is 0 Å². The van der Waals surface area contributed by atoms with E-state index >= 15 is 0 Å². The Labute approximate surface area is 109 Å². The fourth-order valence-corrected chi connectivity index (χ4v) is 2.20. The first-order valence-corrected chi connectivity index (χ1v) is 5.94. The van der Waals surface area contributed by atoms with Crippen molar-refractivity contribution in [3.63, 3.8) is 0 Å². The third-order valence-electron chi connectivity index (χ3n) is 3.13. The Hall–Kier alpha value is -2.33. The number of hydrogen-bond donors (Lipinski definition) is 1. The van der Waals surface area contributed by atoms with Gasteiger partial charge in [-0.05, 0) is 28.6 Å². The molecule has 0 fully saturated rings. The molecule has 2 heterocycles. The first-order valence-electron chi connectivity index (χ1n) is 5.94. The maximum absolute atomic E-state index is 13.2. The molecule has 0 aliphatic heterocycles. The van der Waals surface area contributed by atoms with E-state index in [0.29, 0.717) is 5.56 Å². The number of pyridine rings is 2. The predicted octanol–water partition coefficient (Wildman–Crippen LogP) is 2.82. The molecule has 0 bridgehead atoms. The van der Waals surface area contributed by atoms with E-state index < -0.39 is 6.04 Å². The van der Waals surface area contributed by atoms with E-state index in [9.17, 15) is 4.39 Å². The van der Waals surface area contributed by atoms with Crippen LogP contribution < -0.4 is 5.73 Å². The molecule has 1 atom stereocenters. The van der Waals surface area contributed by atoms with E-state index in [1.165, 1.54) is 12.3 Å². The highest BCUT2D eigenvalue weighted by molar-refractivity contribution is 5.85. The van der Waals surface area contributed by atoms with Gasteiger partial charge in [-0.1, -0.05) is 18.2 Å². The maximum atomic E-state index is 13.2. The van der Waals surface area contributed by atoms with Gasteiger partial charge in [0.15, 0.2) is 0 Å². The third kappa shape index (κ3) is 2.18. The molecular formula is C15H12FN3. The van der Waals surface area contributed by atoms with Gasteiger partial charge in [0.25, 0.3) is 0 Å². The van der Waals surface area contributed by atoms with Crippen molar-refractivity contribution in [2.75, 3.05) is 0 Å². The maximum Gasteiger partial charge on any atom is 0.141 e. The SMILES string of the molecule is NC(c1cncc(F)c1)c1cccc2cnccc12. The Kier molecular flexibility index (Phi) is 2.93. The Morgan fingerprint density at radius 3 is 2.79 bits per heavy atom. The van der Waals surface area contributed by atoms with Crippen molar-refractivity contribution in [2.24, 2.45) is 5.73 Å². The molecule has 0 saturated heterocycles. The lowest BCUT2D eigenvalue weighted by Crippen LogP contribution is -2.13. The summed E-state index contributed by atoms with van der Waals surface area (Å²) in [6, 6.07) is 8.76. The fourth-order valence-electron chi connectivity index (χ4n) is 2.20. The Balaban J connectivity index is 2.14. The number of nitrogens with zero attached hydrogens (tertiary/aromatic N) is 2. The quantitative estimate of drug-likeness (QED) is 0.764. The summed E-state index contributed by atoms with van der Waals surface area (Å²) in [7, 11) is 0. The Morgan fingerprint density at radius 2 is 1.95 bits per heavy atom. The molecule has 0 amide bonds. The number of benzene rings is 1. The minimum Gasteiger partial charge on any atom is -0.320 e. The van der Waals surface area contributed by atoms with Crippen molar-refractivity contribution in [3.05, 3.63) is 72.1 Å². The Bertz CT molecular complexity index is 722. The molecule has 3 nitrogen and oxygen atoms in total. The van der Waals surface area contributed by atoms with Gasteiger partial charge in [-0.3, -0.25) is 9.97 Å². The van der Waals surface area contributed by atoms with Crippen molar-refractivity contribution in [3.8, 4) is 0 Å². The van der Waals surface area contributed by atoms with Crippen LogP contribution >= 0.6 is 0 Å². The van der Waals surface area contributed by atoms with E-state index in [4.69, 9.17) is 5.73 Å². The van der Waals surface area contributed by atoms with Gasteiger partial charge in [-0.15, -0.1) is 0 Å². The van der Waals surface area contributed by atoms with Gasteiger partial charge >= 0.3 is 0 Å². The summed E-state index contributed by atoms with van der Waals surface area (Å²) in [5.74, 6) is -0.380. The predicted molar refractivity (Wildman–Crippen MR) is 72.0 cm³/mol. The zero-order valence-corrected chi connectivity index (χ0v) is 10.1. The summed E-state index contributed by atoms with van der Waals surface area (Å²) in [5.41, 5.74) is 7.82. The minimum absolute atomic E-state index is 0.380. The number of fused-ring (bicyclic) bond motifs is 1. The summed E-state index contributed by atoms with van der Waals surface area (Å²) in [5, 5.41) is 2.04. The number of hydrogen-bond acceptors (Lipinski definition) is 3. The number of halogens is 1. The van der Waals surface area contributed by atoms with Gasteiger partial charge in [0.1, 0.15) is 5.82 Å². The highest BCUT2D eigenvalue weighted by Gasteiger charge is 2.13. The molecule has 2 aromatic heterocycles. The first kappa shape index (κ1) is 11.7. The van der Waals surface area contributed by atoms with Gasteiger partial charge in [0, 0.05) is 24.0 Å². The van der Waals surface area contributed by atoms with Crippen LogP contribution in [0.4, 0.5) is 4.39 Å². The van der Waals surface area contributed by atoms with Gasteiger partial charge in [-0.25, -0.2) is 4.39 Å². The molecule has 1 unspecified atom stereocenters. The Morgan fingerprint density at radius 1 is 1.05 bits per heavy atom. The fraction of sp³-hybridized carbons (Fsp3) is 0.0667. The van der Waals surface area contributed by atoms with Gasteiger partial charge in [0.05, 0.1) is 12.2 Å². The molecule has 0 spiro atoms. The smallest absolute Gasteiger partial charge is 0.141 e. The summed E-state index contributed by atoms with van der Waals surface area (Å²) in [6.45, 7) is 0.